The molecular formula is C6H12N2O3. The molecule has 2 amide bonds. The summed E-state index contributed by atoms with van der Waals surface area (Å²) in [4.78, 5) is 21.1. The monoisotopic (exact) mass is 160 g/mol. The zero-order valence-corrected chi connectivity index (χ0v) is 6.59. The lowest BCUT2D eigenvalue weighted by Gasteiger charge is -2.10. The summed E-state index contributed by atoms with van der Waals surface area (Å²) in [6.07, 6.45) is -0.180. The number of nitrogens with two attached hydrogens (primary N) is 1. The van der Waals surface area contributed by atoms with E-state index >= 15 is 0 Å². The van der Waals surface area contributed by atoms with Crippen LogP contribution in [-0.4, -0.2) is 25.2 Å². The fourth-order valence-electron chi connectivity index (χ4n) is 0.576. The first kappa shape index (κ1) is 9.74. The number of methoxy groups -OCH3 is 1. The van der Waals surface area contributed by atoms with Crippen LogP contribution in [0.4, 0.5) is 4.79 Å². The largest absolute Gasteiger partial charge is 0.453 e. The van der Waals surface area contributed by atoms with E-state index in [1.165, 1.54) is 7.11 Å². The first-order chi connectivity index (χ1) is 5.11. The van der Waals surface area contributed by atoms with Gasteiger partial charge in [0, 0.05) is 0 Å². The zero-order chi connectivity index (χ0) is 8.85. The third kappa shape index (κ3) is 3.44. The molecule has 3 N–H and O–H groups in total. The van der Waals surface area contributed by atoms with Crippen molar-refractivity contribution in [2.45, 2.75) is 19.4 Å². The Balaban J connectivity index is 3.88. The highest BCUT2D eigenvalue weighted by atomic mass is 16.5. The summed E-state index contributed by atoms with van der Waals surface area (Å²) in [5.41, 5.74) is 4.94. The molecule has 0 aliphatic rings. The van der Waals surface area contributed by atoms with Crippen LogP contribution in [0.15, 0.2) is 0 Å². The minimum atomic E-state index is -0.643. The van der Waals surface area contributed by atoms with Crippen molar-refractivity contribution in [2.24, 2.45) is 5.73 Å². The van der Waals surface area contributed by atoms with Crippen molar-refractivity contribution in [3.05, 3.63) is 0 Å². The van der Waals surface area contributed by atoms with Crippen LogP contribution in [0.5, 0.6) is 0 Å². The lowest BCUT2D eigenvalue weighted by molar-refractivity contribution is -0.119. The first-order valence-corrected chi connectivity index (χ1v) is 3.25. The minimum Gasteiger partial charge on any atom is -0.453 e. The molecule has 0 radical (unpaired) electrons. The SMILES string of the molecule is CC[C@@H](NC(=O)OC)C(N)=O. The maximum absolute atomic E-state index is 10.5. The number of carbonyl (C=O) groups excluding carboxylic acids is 2. The fourth-order valence-corrected chi connectivity index (χ4v) is 0.576. The number of alkyl carbamates (subject to hydrolysis) is 1. The van der Waals surface area contributed by atoms with Gasteiger partial charge < -0.3 is 15.8 Å². The molecule has 5 heteroatoms. The second-order valence-corrected chi connectivity index (χ2v) is 2.00. The number of amides is 2. The number of hydrogen-bond acceptors (Lipinski definition) is 3. The van der Waals surface area contributed by atoms with E-state index in [2.05, 4.69) is 10.1 Å². The van der Waals surface area contributed by atoms with Gasteiger partial charge >= 0.3 is 6.09 Å². The van der Waals surface area contributed by atoms with Gasteiger partial charge in [-0.3, -0.25) is 4.79 Å². The van der Waals surface area contributed by atoms with Gasteiger partial charge in [0.25, 0.3) is 0 Å². The van der Waals surface area contributed by atoms with Crippen LogP contribution in [0.25, 0.3) is 0 Å². The predicted octanol–water partition coefficient (Wildman–Crippen LogP) is -0.394. The molecule has 0 heterocycles. The number of rotatable bonds is 3. The second kappa shape index (κ2) is 4.54. The topological polar surface area (TPSA) is 81.4 Å². The smallest absolute Gasteiger partial charge is 0.407 e. The summed E-state index contributed by atoms with van der Waals surface area (Å²) in [5, 5.41) is 2.28. The number of hydrogen-bond donors (Lipinski definition) is 2. The molecule has 0 bridgehead atoms. The van der Waals surface area contributed by atoms with Crippen molar-refractivity contribution in [1.29, 1.82) is 0 Å². The van der Waals surface area contributed by atoms with Crippen molar-refractivity contribution in [1.82, 2.24) is 5.32 Å². The van der Waals surface area contributed by atoms with Gasteiger partial charge in [0.1, 0.15) is 6.04 Å². The summed E-state index contributed by atoms with van der Waals surface area (Å²) in [6, 6.07) is -0.637. The highest BCUT2D eigenvalue weighted by Crippen LogP contribution is 1.89. The number of carbonyl (C=O) groups is 2. The maximum atomic E-state index is 10.5. The molecule has 0 saturated heterocycles. The molecule has 64 valence electrons. The van der Waals surface area contributed by atoms with Crippen LogP contribution in [0.1, 0.15) is 13.3 Å². The van der Waals surface area contributed by atoms with Crippen LogP contribution in [0, 0.1) is 0 Å². The van der Waals surface area contributed by atoms with E-state index in [0.717, 1.165) is 0 Å². The third-order valence-electron chi connectivity index (χ3n) is 1.23. The van der Waals surface area contributed by atoms with E-state index < -0.39 is 18.0 Å². The standard InChI is InChI=1S/C6H12N2O3/c1-3-4(5(7)9)8-6(10)11-2/h4H,3H2,1-2H3,(H2,7,9)(H,8,10)/t4-/m1/s1. The van der Waals surface area contributed by atoms with Crippen molar-refractivity contribution in [3.8, 4) is 0 Å². The summed E-state index contributed by atoms with van der Waals surface area (Å²) < 4.78 is 4.27. The lowest BCUT2D eigenvalue weighted by Crippen LogP contribution is -2.43. The Kier molecular flexibility index (Phi) is 4.02. The lowest BCUT2D eigenvalue weighted by atomic mass is 10.2. The van der Waals surface area contributed by atoms with Crippen LogP contribution in [0.2, 0.25) is 0 Å². The van der Waals surface area contributed by atoms with Crippen molar-refractivity contribution in [3.63, 3.8) is 0 Å². The maximum Gasteiger partial charge on any atom is 0.407 e. The van der Waals surface area contributed by atoms with E-state index in [4.69, 9.17) is 5.73 Å². The van der Waals surface area contributed by atoms with Crippen LogP contribution < -0.4 is 11.1 Å². The summed E-state index contributed by atoms with van der Waals surface area (Å²) in [5.74, 6) is -0.557. The highest BCUT2D eigenvalue weighted by molar-refractivity contribution is 5.84. The Morgan fingerprint density at radius 2 is 2.18 bits per heavy atom. The number of primary amides is 1. The Morgan fingerprint density at radius 3 is 2.45 bits per heavy atom. The van der Waals surface area contributed by atoms with Gasteiger partial charge in [0.15, 0.2) is 0 Å². The average molecular weight is 160 g/mol. The second-order valence-electron chi connectivity index (χ2n) is 2.00. The highest BCUT2D eigenvalue weighted by Gasteiger charge is 2.14. The van der Waals surface area contributed by atoms with E-state index in [1.807, 2.05) is 0 Å². The Hall–Kier alpha value is -1.26. The van der Waals surface area contributed by atoms with Gasteiger partial charge in [0.05, 0.1) is 7.11 Å². The van der Waals surface area contributed by atoms with Crippen molar-refractivity contribution >= 4 is 12.0 Å². The van der Waals surface area contributed by atoms with Crippen molar-refractivity contribution < 1.29 is 14.3 Å². The van der Waals surface area contributed by atoms with Crippen LogP contribution >= 0.6 is 0 Å². The summed E-state index contributed by atoms with van der Waals surface area (Å²) in [6.45, 7) is 1.74. The molecule has 11 heavy (non-hydrogen) atoms. The van der Waals surface area contributed by atoms with Crippen LogP contribution in [-0.2, 0) is 9.53 Å². The molecule has 0 aliphatic heterocycles. The van der Waals surface area contributed by atoms with Crippen LogP contribution in [0.3, 0.4) is 0 Å². The van der Waals surface area contributed by atoms with Crippen molar-refractivity contribution in [2.75, 3.05) is 7.11 Å². The third-order valence-corrected chi connectivity index (χ3v) is 1.23. The Labute approximate surface area is 64.9 Å². The normalized spacial score (nSPS) is 11.8. The van der Waals surface area contributed by atoms with E-state index in [1.54, 1.807) is 6.92 Å². The summed E-state index contributed by atoms with van der Waals surface area (Å²) in [7, 11) is 1.23. The van der Waals surface area contributed by atoms with Gasteiger partial charge in [-0.05, 0) is 6.42 Å². The Bertz CT molecular complexity index is 158. The van der Waals surface area contributed by atoms with Gasteiger partial charge in [0.2, 0.25) is 5.91 Å². The predicted molar refractivity (Wildman–Crippen MR) is 38.8 cm³/mol. The van der Waals surface area contributed by atoms with Gasteiger partial charge in [-0.15, -0.1) is 0 Å². The molecule has 0 aromatic rings. The molecule has 0 fully saturated rings. The molecule has 0 aromatic carbocycles. The van der Waals surface area contributed by atoms with Gasteiger partial charge in [-0.1, -0.05) is 6.92 Å². The summed E-state index contributed by atoms with van der Waals surface area (Å²) >= 11 is 0. The van der Waals surface area contributed by atoms with E-state index in [-0.39, 0.29) is 0 Å². The minimum absolute atomic E-state index is 0.463. The number of nitrogens with one attached hydrogen (secondary N) is 1. The molecule has 0 saturated carbocycles. The fraction of sp³-hybridized carbons (Fsp3) is 0.667. The number of ether oxygens (including phenoxy) is 1. The molecule has 0 unspecified atom stereocenters. The molecule has 0 aromatic heterocycles. The molecule has 0 spiro atoms. The first-order valence-electron chi connectivity index (χ1n) is 3.25. The molecule has 1 atom stereocenters. The quantitative estimate of drug-likeness (QED) is 0.589. The van der Waals surface area contributed by atoms with Gasteiger partial charge in [-0.25, -0.2) is 4.79 Å². The van der Waals surface area contributed by atoms with E-state index in [0.29, 0.717) is 6.42 Å². The Morgan fingerprint density at radius 1 is 1.64 bits per heavy atom. The molecule has 0 aliphatic carbocycles. The molecule has 5 nitrogen and oxygen atoms in total. The molecule has 0 rings (SSSR count). The average Bonchev–Trinajstić information content (AvgIpc) is 1.99. The molecular weight excluding hydrogens is 148 g/mol. The zero-order valence-electron chi connectivity index (χ0n) is 6.59. The van der Waals surface area contributed by atoms with E-state index in [9.17, 15) is 9.59 Å². The van der Waals surface area contributed by atoms with Gasteiger partial charge in [-0.2, -0.15) is 0 Å².